The summed E-state index contributed by atoms with van der Waals surface area (Å²) in [5.74, 6) is -2.71. The maximum atomic E-state index is 13.8. The average Bonchev–Trinajstić information content (AvgIpc) is 2.86. The largest absolute Gasteiger partial charge is 0.348 e. The summed E-state index contributed by atoms with van der Waals surface area (Å²) in [5.41, 5.74) is -0.577. The van der Waals surface area contributed by atoms with Crippen LogP contribution in [0.4, 0.5) is 13.6 Å². The number of nitrogens with one attached hydrogen (secondary N) is 2. The van der Waals surface area contributed by atoms with Gasteiger partial charge in [-0.1, -0.05) is 36.4 Å². The molecule has 146 valence electrons. The molecule has 1 aliphatic rings. The molecule has 0 unspecified atom stereocenters. The molecule has 8 heteroatoms. The highest BCUT2D eigenvalue weighted by Crippen LogP contribution is 2.28. The Kier molecular flexibility index (Phi) is 5.13. The Labute approximate surface area is 160 Å². The summed E-state index contributed by atoms with van der Waals surface area (Å²) in [6, 6.07) is 10.3. The standard InChI is InChI=1S/C20H19F2N3O3/c1-12(15-9-8-14(21)10-16(15)22)23-17(26)11-25-18(27)20(2,24-19(25)28)13-6-4-3-5-7-13/h3-10,12H,11H2,1-2H3,(H,23,26)(H,24,28)/t12-,20+/m0/s1. The minimum atomic E-state index is -1.27. The molecule has 28 heavy (non-hydrogen) atoms. The van der Waals surface area contributed by atoms with Gasteiger partial charge in [0, 0.05) is 11.6 Å². The third-order valence-electron chi connectivity index (χ3n) is 4.73. The van der Waals surface area contributed by atoms with Crippen molar-refractivity contribution in [1.82, 2.24) is 15.5 Å². The van der Waals surface area contributed by atoms with Crippen LogP contribution < -0.4 is 10.6 Å². The Bertz CT molecular complexity index is 936. The number of carbonyl (C=O) groups excluding carboxylic acids is 3. The number of hydrogen-bond donors (Lipinski definition) is 2. The molecular weight excluding hydrogens is 368 g/mol. The summed E-state index contributed by atoms with van der Waals surface area (Å²) in [6.07, 6.45) is 0. The first-order valence-corrected chi connectivity index (χ1v) is 8.66. The maximum absolute atomic E-state index is 13.8. The minimum Gasteiger partial charge on any atom is -0.348 e. The number of amides is 4. The maximum Gasteiger partial charge on any atom is 0.325 e. The van der Waals surface area contributed by atoms with Crippen molar-refractivity contribution in [3.63, 3.8) is 0 Å². The number of carbonyl (C=O) groups is 3. The first-order chi connectivity index (χ1) is 13.2. The SMILES string of the molecule is C[C@H](NC(=O)CN1C(=O)N[C@](C)(c2ccccc2)C1=O)c1ccc(F)cc1F. The summed E-state index contributed by atoms with van der Waals surface area (Å²) in [5, 5.41) is 5.12. The lowest BCUT2D eigenvalue weighted by atomic mass is 9.92. The Morgan fingerprint density at radius 1 is 1.18 bits per heavy atom. The highest BCUT2D eigenvalue weighted by atomic mass is 19.1. The summed E-state index contributed by atoms with van der Waals surface area (Å²) in [7, 11) is 0. The Morgan fingerprint density at radius 2 is 1.86 bits per heavy atom. The fourth-order valence-corrected chi connectivity index (χ4v) is 3.17. The summed E-state index contributed by atoms with van der Waals surface area (Å²) >= 11 is 0. The van der Waals surface area contributed by atoms with Gasteiger partial charge in [-0.3, -0.25) is 14.5 Å². The molecule has 2 aromatic carbocycles. The van der Waals surface area contributed by atoms with Crippen LogP contribution in [0, 0.1) is 11.6 Å². The van der Waals surface area contributed by atoms with Crippen molar-refractivity contribution < 1.29 is 23.2 Å². The van der Waals surface area contributed by atoms with E-state index in [0.29, 0.717) is 5.56 Å². The van der Waals surface area contributed by atoms with Gasteiger partial charge in [-0.2, -0.15) is 0 Å². The molecule has 1 saturated heterocycles. The lowest BCUT2D eigenvalue weighted by Gasteiger charge is -2.22. The van der Waals surface area contributed by atoms with E-state index in [4.69, 9.17) is 0 Å². The van der Waals surface area contributed by atoms with Crippen molar-refractivity contribution in [1.29, 1.82) is 0 Å². The Hall–Kier alpha value is -3.29. The zero-order chi connectivity index (χ0) is 20.5. The molecule has 1 aliphatic heterocycles. The van der Waals surface area contributed by atoms with E-state index in [1.807, 2.05) is 0 Å². The lowest BCUT2D eigenvalue weighted by molar-refractivity contribution is -0.135. The molecule has 2 N–H and O–H groups in total. The highest BCUT2D eigenvalue weighted by molar-refractivity contribution is 6.09. The highest BCUT2D eigenvalue weighted by Gasteiger charge is 2.49. The molecule has 4 amide bonds. The Morgan fingerprint density at radius 3 is 2.50 bits per heavy atom. The zero-order valence-electron chi connectivity index (χ0n) is 15.3. The van der Waals surface area contributed by atoms with Crippen LogP contribution in [0.15, 0.2) is 48.5 Å². The molecular formula is C20H19F2N3O3. The third kappa shape index (κ3) is 3.58. The molecule has 0 spiro atoms. The van der Waals surface area contributed by atoms with Crippen molar-refractivity contribution >= 4 is 17.8 Å². The number of hydrogen-bond acceptors (Lipinski definition) is 3. The number of benzene rings is 2. The van der Waals surface area contributed by atoms with Gasteiger partial charge < -0.3 is 10.6 Å². The molecule has 0 aliphatic carbocycles. The summed E-state index contributed by atoms with van der Waals surface area (Å²) in [6.45, 7) is 2.57. The fourth-order valence-electron chi connectivity index (χ4n) is 3.17. The quantitative estimate of drug-likeness (QED) is 0.774. The number of urea groups is 1. The van der Waals surface area contributed by atoms with Crippen molar-refractivity contribution in [3.8, 4) is 0 Å². The summed E-state index contributed by atoms with van der Waals surface area (Å²) in [4.78, 5) is 38.2. The monoisotopic (exact) mass is 387 g/mol. The molecule has 1 heterocycles. The van der Waals surface area contributed by atoms with Gasteiger partial charge in [0.25, 0.3) is 5.91 Å². The molecule has 1 fully saturated rings. The van der Waals surface area contributed by atoms with E-state index in [1.165, 1.54) is 13.0 Å². The predicted molar refractivity (Wildman–Crippen MR) is 97.0 cm³/mol. The van der Waals surface area contributed by atoms with Crippen molar-refractivity contribution in [2.24, 2.45) is 0 Å². The van der Waals surface area contributed by atoms with Gasteiger partial charge in [-0.25, -0.2) is 13.6 Å². The van der Waals surface area contributed by atoms with Crippen LogP contribution >= 0.6 is 0 Å². The number of imide groups is 1. The molecule has 3 rings (SSSR count). The van der Waals surface area contributed by atoms with Gasteiger partial charge in [-0.05, 0) is 25.5 Å². The van der Waals surface area contributed by atoms with Gasteiger partial charge in [0.1, 0.15) is 23.7 Å². The zero-order valence-corrected chi connectivity index (χ0v) is 15.3. The van der Waals surface area contributed by atoms with Crippen LogP contribution in [-0.2, 0) is 15.1 Å². The van der Waals surface area contributed by atoms with Crippen molar-refractivity contribution in [3.05, 3.63) is 71.3 Å². The smallest absolute Gasteiger partial charge is 0.325 e. The van der Waals surface area contributed by atoms with Crippen LogP contribution in [0.25, 0.3) is 0 Å². The Balaban J connectivity index is 1.70. The number of nitrogens with zero attached hydrogens (tertiary/aromatic N) is 1. The van der Waals surface area contributed by atoms with Gasteiger partial charge >= 0.3 is 6.03 Å². The van der Waals surface area contributed by atoms with Crippen LogP contribution in [-0.4, -0.2) is 29.3 Å². The van der Waals surface area contributed by atoms with Gasteiger partial charge in [0.15, 0.2) is 0 Å². The molecule has 0 saturated carbocycles. The normalized spacial score (nSPS) is 20.1. The fraction of sp³-hybridized carbons (Fsp3) is 0.250. The van der Waals surface area contributed by atoms with E-state index in [9.17, 15) is 23.2 Å². The first-order valence-electron chi connectivity index (χ1n) is 8.66. The second-order valence-electron chi connectivity index (χ2n) is 6.77. The lowest BCUT2D eigenvalue weighted by Crippen LogP contribution is -2.43. The molecule has 0 aromatic heterocycles. The first kappa shape index (κ1) is 19.5. The van der Waals surface area contributed by atoms with E-state index < -0.39 is 47.6 Å². The molecule has 2 aromatic rings. The topological polar surface area (TPSA) is 78.5 Å². The molecule has 2 atom stereocenters. The van der Waals surface area contributed by atoms with Gasteiger partial charge in [-0.15, -0.1) is 0 Å². The number of rotatable bonds is 5. The van der Waals surface area contributed by atoms with E-state index in [-0.39, 0.29) is 5.56 Å². The molecule has 6 nitrogen and oxygen atoms in total. The van der Waals surface area contributed by atoms with Gasteiger partial charge in [0.05, 0.1) is 6.04 Å². The molecule has 0 radical (unpaired) electrons. The predicted octanol–water partition coefficient (Wildman–Crippen LogP) is 2.61. The van der Waals surface area contributed by atoms with Crippen LogP contribution in [0.3, 0.4) is 0 Å². The van der Waals surface area contributed by atoms with Gasteiger partial charge in [0.2, 0.25) is 5.91 Å². The molecule has 0 bridgehead atoms. The average molecular weight is 387 g/mol. The van der Waals surface area contributed by atoms with Crippen LogP contribution in [0.5, 0.6) is 0 Å². The minimum absolute atomic E-state index is 0.0982. The number of halogens is 2. The van der Waals surface area contributed by atoms with E-state index in [1.54, 1.807) is 37.3 Å². The van der Waals surface area contributed by atoms with Crippen LogP contribution in [0.1, 0.15) is 31.0 Å². The second kappa shape index (κ2) is 7.38. The third-order valence-corrected chi connectivity index (χ3v) is 4.73. The van der Waals surface area contributed by atoms with Crippen LogP contribution in [0.2, 0.25) is 0 Å². The van der Waals surface area contributed by atoms with Crippen molar-refractivity contribution in [2.75, 3.05) is 6.54 Å². The van der Waals surface area contributed by atoms with E-state index >= 15 is 0 Å². The summed E-state index contributed by atoms with van der Waals surface area (Å²) < 4.78 is 26.9. The van der Waals surface area contributed by atoms with E-state index in [2.05, 4.69) is 10.6 Å². The van der Waals surface area contributed by atoms with Crippen molar-refractivity contribution in [2.45, 2.75) is 25.4 Å². The van der Waals surface area contributed by atoms with E-state index in [0.717, 1.165) is 17.0 Å². The second-order valence-corrected chi connectivity index (χ2v) is 6.77.